The Bertz CT molecular complexity index is 587. The van der Waals surface area contributed by atoms with Crippen molar-refractivity contribution < 1.29 is 14.6 Å². The zero-order valence-electron chi connectivity index (χ0n) is 11.8. The molecule has 0 aliphatic carbocycles. The summed E-state index contributed by atoms with van der Waals surface area (Å²) in [6.45, 7) is 2.02. The van der Waals surface area contributed by atoms with Gasteiger partial charge in [0.1, 0.15) is 11.8 Å². The molecule has 1 heterocycles. The van der Waals surface area contributed by atoms with Crippen molar-refractivity contribution in [1.82, 2.24) is 9.97 Å². The maximum absolute atomic E-state index is 10.3. The van der Waals surface area contributed by atoms with E-state index in [9.17, 15) is 5.11 Å². The molecule has 1 N–H and O–H groups in total. The Labute approximate surface area is 118 Å². The van der Waals surface area contributed by atoms with E-state index in [1.54, 1.807) is 0 Å². The van der Waals surface area contributed by atoms with E-state index < -0.39 is 6.10 Å². The molecule has 1 aromatic carbocycles. The third-order valence-corrected chi connectivity index (χ3v) is 2.97. The third-order valence-electron chi connectivity index (χ3n) is 2.97. The summed E-state index contributed by atoms with van der Waals surface area (Å²) in [5.74, 6) is 0.637. The summed E-state index contributed by atoms with van der Waals surface area (Å²) >= 11 is 0. The lowest BCUT2D eigenvalue weighted by molar-refractivity contribution is 0.167. The van der Waals surface area contributed by atoms with Crippen LogP contribution < -0.4 is 9.47 Å². The fraction of sp³-hybridized carbons (Fsp3) is 0.333. The van der Waals surface area contributed by atoms with Crippen molar-refractivity contribution in [2.24, 2.45) is 0 Å². The molecule has 20 heavy (non-hydrogen) atoms. The van der Waals surface area contributed by atoms with E-state index in [0.29, 0.717) is 18.0 Å². The second-order valence-electron chi connectivity index (χ2n) is 4.52. The maximum atomic E-state index is 10.3. The molecule has 0 saturated heterocycles. The maximum Gasteiger partial charge on any atom is 0.241 e. The number of hydrogen-bond acceptors (Lipinski definition) is 5. The lowest BCUT2D eigenvalue weighted by Crippen LogP contribution is -2.08. The molecule has 0 aliphatic rings. The number of nitrogens with zero attached hydrogens (tertiary/aromatic N) is 2. The highest BCUT2D eigenvalue weighted by atomic mass is 16.5. The first-order chi connectivity index (χ1) is 9.63. The van der Waals surface area contributed by atoms with Gasteiger partial charge in [-0.2, -0.15) is 4.98 Å². The summed E-state index contributed by atoms with van der Waals surface area (Å²) in [7, 11) is 3.00. The number of aryl methyl sites for hydroxylation is 1. The van der Waals surface area contributed by atoms with Gasteiger partial charge in [-0.25, -0.2) is 4.98 Å². The molecule has 2 aromatic rings. The van der Waals surface area contributed by atoms with Crippen LogP contribution in [0.1, 0.15) is 22.9 Å². The van der Waals surface area contributed by atoms with Crippen molar-refractivity contribution in [3.63, 3.8) is 0 Å². The molecule has 0 amide bonds. The van der Waals surface area contributed by atoms with Crippen LogP contribution in [-0.2, 0) is 6.42 Å². The topological polar surface area (TPSA) is 64.5 Å². The van der Waals surface area contributed by atoms with Crippen LogP contribution in [-0.4, -0.2) is 29.3 Å². The van der Waals surface area contributed by atoms with Crippen LogP contribution in [0.25, 0.3) is 0 Å². The molecule has 0 spiro atoms. The number of aliphatic hydroxyl groups is 1. The fourth-order valence-corrected chi connectivity index (χ4v) is 2.00. The van der Waals surface area contributed by atoms with Gasteiger partial charge in [-0.3, -0.25) is 0 Å². The summed E-state index contributed by atoms with van der Waals surface area (Å²) in [4.78, 5) is 8.30. The zero-order valence-corrected chi connectivity index (χ0v) is 11.8. The first-order valence-electron chi connectivity index (χ1n) is 6.32. The van der Waals surface area contributed by atoms with Crippen LogP contribution in [0.15, 0.2) is 30.5 Å². The summed E-state index contributed by atoms with van der Waals surface area (Å²) in [5.41, 5.74) is 2.61. The number of methoxy groups -OCH3 is 2. The quantitative estimate of drug-likeness (QED) is 0.904. The molecule has 5 nitrogen and oxygen atoms in total. The van der Waals surface area contributed by atoms with E-state index in [1.807, 2.05) is 31.2 Å². The fourth-order valence-electron chi connectivity index (χ4n) is 2.00. The Morgan fingerprint density at radius 1 is 1.25 bits per heavy atom. The van der Waals surface area contributed by atoms with Gasteiger partial charge in [-0.05, 0) is 12.5 Å². The van der Waals surface area contributed by atoms with Crippen LogP contribution in [0.3, 0.4) is 0 Å². The zero-order chi connectivity index (χ0) is 14.5. The molecular formula is C15H18N2O3. The number of benzene rings is 1. The third kappa shape index (κ3) is 3.24. The minimum Gasteiger partial charge on any atom is -0.480 e. The van der Waals surface area contributed by atoms with Crippen LogP contribution >= 0.6 is 0 Å². The molecule has 0 radical (unpaired) electrons. The van der Waals surface area contributed by atoms with E-state index in [4.69, 9.17) is 9.47 Å². The van der Waals surface area contributed by atoms with Crippen molar-refractivity contribution in [1.29, 1.82) is 0 Å². The van der Waals surface area contributed by atoms with Crippen molar-refractivity contribution in [3.8, 4) is 11.8 Å². The van der Waals surface area contributed by atoms with Gasteiger partial charge in [-0.15, -0.1) is 0 Å². The number of aliphatic hydroxyl groups excluding tert-OH is 1. The second kappa shape index (κ2) is 6.34. The molecular weight excluding hydrogens is 256 g/mol. The van der Waals surface area contributed by atoms with E-state index in [-0.39, 0.29) is 5.88 Å². The van der Waals surface area contributed by atoms with Gasteiger partial charge < -0.3 is 14.6 Å². The molecule has 1 aromatic heterocycles. The minimum absolute atomic E-state index is 0.282. The average molecular weight is 274 g/mol. The van der Waals surface area contributed by atoms with Crippen molar-refractivity contribution in [3.05, 3.63) is 47.3 Å². The highest BCUT2D eigenvalue weighted by Gasteiger charge is 2.18. The SMILES string of the molecule is COc1cnc(C(O)Cc2cccc(C)c2)c(OC)n1. The summed E-state index contributed by atoms with van der Waals surface area (Å²) in [6, 6.07) is 7.99. The normalized spacial score (nSPS) is 12.0. The van der Waals surface area contributed by atoms with Gasteiger partial charge in [0.2, 0.25) is 11.8 Å². The lowest BCUT2D eigenvalue weighted by atomic mass is 10.0. The molecule has 0 fully saturated rings. The number of hydrogen-bond donors (Lipinski definition) is 1. The molecule has 1 atom stereocenters. The van der Waals surface area contributed by atoms with Crippen molar-refractivity contribution in [2.45, 2.75) is 19.4 Å². The predicted octanol–water partition coefficient (Wildman–Crippen LogP) is 2.08. The summed E-state index contributed by atoms with van der Waals surface area (Å²) in [6.07, 6.45) is 1.15. The molecule has 1 unspecified atom stereocenters. The predicted molar refractivity (Wildman–Crippen MR) is 75.0 cm³/mol. The van der Waals surface area contributed by atoms with E-state index in [0.717, 1.165) is 11.1 Å². The molecule has 5 heteroatoms. The van der Waals surface area contributed by atoms with Crippen LogP contribution in [0.2, 0.25) is 0 Å². The second-order valence-corrected chi connectivity index (χ2v) is 4.52. The molecule has 0 saturated carbocycles. The van der Waals surface area contributed by atoms with Crippen molar-refractivity contribution >= 4 is 0 Å². The largest absolute Gasteiger partial charge is 0.480 e. The van der Waals surface area contributed by atoms with Gasteiger partial charge in [-0.1, -0.05) is 29.8 Å². The van der Waals surface area contributed by atoms with Gasteiger partial charge in [0, 0.05) is 6.42 Å². The van der Waals surface area contributed by atoms with Crippen LogP contribution in [0.5, 0.6) is 11.8 Å². The standard InChI is InChI=1S/C15H18N2O3/c1-10-5-4-6-11(7-10)8-12(18)14-15(20-3)17-13(19-2)9-16-14/h4-7,9,12,18H,8H2,1-3H3. The first kappa shape index (κ1) is 14.3. The Hall–Kier alpha value is -2.14. The van der Waals surface area contributed by atoms with Gasteiger partial charge in [0.05, 0.1) is 20.4 Å². The van der Waals surface area contributed by atoms with E-state index in [1.165, 1.54) is 20.4 Å². The molecule has 2 rings (SSSR count). The molecule has 106 valence electrons. The van der Waals surface area contributed by atoms with Gasteiger partial charge in [0.25, 0.3) is 0 Å². The minimum atomic E-state index is -0.773. The molecule has 0 bridgehead atoms. The smallest absolute Gasteiger partial charge is 0.241 e. The van der Waals surface area contributed by atoms with Gasteiger partial charge >= 0.3 is 0 Å². The Balaban J connectivity index is 2.22. The van der Waals surface area contributed by atoms with Gasteiger partial charge in [0.15, 0.2) is 0 Å². The van der Waals surface area contributed by atoms with Crippen molar-refractivity contribution in [2.75, 3.05) is 14.2 Å². The van der Waals surface area contributed by atoms with E-state index >= 15 is 0 Å². The Morgan fingerprint density at radius 2 is 2.05 bits per heavy atom. The highest BCUT2D eigenvalue weighted by Crippen LogP contribution is 2.25. The number of rotatable bonds is 5. The molecule has 0 aliphatic heterocycles. The number of aromatic nitrogens is 2. The Morgan fingerprint density at radius 3 is 2.70 bits per heavy atom. The van der Waals surface area contributed by atoms with Crippen LogP contribution in [0, 0.1) is 6.92 Å². The first-order valence-corrected chi connectivity index (χ1v) is 6.32. The lowest BCUT2D eigenvalue weighted by Gasteiger charge is -2.14. The monoisotopic (exact) mass is 274 g/mol. The van der Waals surface area contributed by atoms with E-state index in [2.05, 4.69) is 9.97 Å². The summed E-state index contributed by atoms with van der Waals surface area (Å²) in [5, 5.41) is 10.3. The number of ether oxygens (including phenoxy) is 2. The highest BCUT2D eigenvalue weighted by molar-refractivity contribution is 5.28. The average Bonchev–Trinajstić information content (AvgIpc) is 2.46. The Kier molecular flexibility index (Phi) is 4.53. The summed E-state index contributed by atoms with van der Waals surface area (Å²) < 4.78 is 10.1. The van der Waals surface area contributed by atoms with Crippen LogP contribution in [0.4, 0.5) is 0 Å².